The van der Waals surface area contributed by atoms with E-state index in [1.807, 2.05) is 13.8 Å². The maximum absolute atomic E-state index is 12.9. The highest BCUT2D eigenvalue weighted by molar-refractivity contribution is 5.78. The zero-order valence-electron chi connectivity index (χ0n) is 12.3. The van der Waals surface area contributed by atoms with Crippen LogP contribution in [0.2, 0.25) is 0 Å². The minimum absolute atomic E-state index is 0.00800. The Bertz CT molecular complexity index is 438. The summed E-state index contributed by atoms with van der Waals surface area (Å²) in [6.45, 7) is 5.23. The summed E-state index contributed by atoms with van der Waals surface area (Å²) in [7, 11) is 1.60. The monoisotopic (exact) mass is 282 g/mol. The molecule has 0 bridgehead atoms. The van der Waals surface area contributed by atoms with Crippen molar-refractivity contribution in [1.29, 1.82) is 0 Å². The average molecular weight is 282 g/mol. The van der Waals surface area contributed by atoms with E-state index in [1.54, 1.807) is 13.2 Å². The molecule has 0 heterocycles. The van der Waals surface area contributed by atoms with Gasteiger partial charge >= 0.3 is 0 Å². The number of ether oxygens (including phenoxy) is 1. The van der Waals surface area contributed by atoms with E-state index >= 15 is 0 Å². The highest BCUT2D eigenvalue weighted by Gasteiger charge is 2.06. The van der Waals surface area contributed by atoms with Gasteiger partial charge in [-0.05, 0) is 50.1 Å². The summed E-state index contributed by atoms with van der Waals surface area (Å²) in [5.41, 5.74) is 2.03. The van der Waals surface area contributed by atoms with E-state index < -0.39 is 0 Å². The number of benzene rings is 1. The smallest absolute Gasteiger partial charge is 0.234 e. The summed E-state index contributed by atoms with van der Waals surface area (Å²) in [5, 5.41) is 5.90. The molecule has 0 aliphatic rings. The van der Waals surface area contributed by atoms with Crippen LogP contribution in [0.1, 0.15) is 18.1 Å². The van der Waals surface area contributed by atoms with Crippen molar-refractivity contribution in [2.24, 2.45) is 0 Å². The minimum atomic E-state index is -0.217. The van der Waals surface area contributed by atoms with Gasteiger partial charge in [-0.1, -0.05) is 6.07 Å². The molecule has 1 unspecified atom stereocenters. The van der Waals surface area contributed by atoms with Crippen molar-refractivity contribution >= 4 is 5.91 Å². The lowest BCUT2D eigenvalue weighted by molar-refractivity contribution is -0.121. The van der Waals surface area contributed by atoms with E-state index in [4.69, 9.17) is 4.74 Å². The fourth-order valence-corrected chi connectivity index (χ4v) is 1.98. The fourth-order valence-electron chi connectivity index (χ4n) is 1.98. The summed E-state index contributed by atoms with van der Waals surface area (Å²) in [6, 6.07) is 4.77. The summed E-state index contributed by atoms with van der Waals surface area (Å²) >= 11 is 0. The molecule has 0 spiro atoms. The number of carbonyl (C=O) groups excluding carboxylic acids is 1. The number of carbonyl (C=O) groups is 1. The van der Waals surface area contributed by atoms with Crippen LogP contribution < -0.4 is 10.6 Å². The van der Waals surface area contributed by atoms with Crippen molar-refractivity contribution in [1.82, 2.24) is 10.6 Å². The quantitative estimate of drug-likeness (QED) is 0.709. The van der Waals surface area contributed by atoms with Gasteiger partial charge in [0.15, 0.2) is 0 Å². The molecule has 0 radical (unpaired) electrons. The van der Waals surface area contributed by atoms with Gasteiger partial charge in [-0.2, -0.15) is 0 Å². The highest BCUT2D eigenvalue weighted by Crippen LogP contribution is 2.10. The Morgan fingerprint density at radius 3 is 2.85 bits per heavy atom. The van der Waals surface area contributed by atoms with Crippen molar-refractivity contribution in [2.45, 2.75) is 26.3 Å². The molecule has 112 valence electrons. The third-order valence-electron chi connectivity index (χ3n) is 2.99. The van der Waals surface area contributed by atoms with E-state index in [2.05, 4.69) is 10.6 Å². The maximum atomic E-state index is 12.9. The van der Waals surface area contributed by atoms with Crippen molar-refractivity contribution in [2.75, 3.05) is 26.8 Å². The number of amides is 1. The third kappa shape index (κ3) is 6.12. The summed E-state index contributed by atoms with van der Waals surface area (Å²) < 4.78 is 17.9. The molecule has 1 amide bonds. The van der Waals surface area contributed by atoms with Crippen LogP contribution in [0.25, 0.3) is 0 Å². The van der Waals surface area contributed by atoms with E-state index in [9.17, 15) is 9.18 Å². The Kier molecular flexibility index (Phi) is 7.18. The number of rotatable bonds is 8. The molecule has 1 atom stereocenters. The molecule has 5 heteroatoms. The van der Waals surface area contributed by atoms with Crippen molar-refractivity contribution in [3.63, 3.8) is 0 Å². The minimum Gasteiger partial charge on any atom is -0.383 e. The zero-order valence-corrected chi connectivity index (χ0v) is 12.3. The van der Waals surface area contributed by atoms with Crippen molar-refractivity contribution in [3.05, 3.63) is 35.1 Å². The van der Waals surface area contributed by atoms with Crippen LogP contribution in [0.3, 0.4) is 0 Å². The molecule has 0 fully saturated rings. The van der Waals surface area contributed by atoms with E-state index in [-0.39, 0.29) is 24.3 Å². The van der Waals surface area contributed by atoms with Crippen LogP contribution in [0, 0.1) is 12.7 Å². The summed E-state index contributed by atoms with van der Waals surface area (Å²) in [5.74, 6) is -0.268. The van der Waals surface area contributed by atoms with Crippen LogP contribution in [0.5, 0.6) is 0 Å². The third-order valence-corrected chi connectivity index (χ3v) is 2.99. The number of hydrogen-bond donors (Lipinski definition) is 2. The first-order chi connectivity index (χ1) is 9.52. The van der Waals surface area contributed by atoms with Crippen LogP contribution in [-0.2, 0) is 16.0 Å². The number of aryl methyl sites for hydroxylation is 1. The van der Waals surface area contributed by atoms with Gasteiger partial charge < -0.3 is 15.4 Å². The molecule has 1 rings (SSSR count). The molecule has 2 N–H and O–H groups in total. The summed E-state index contributed by atoms with van der Waals surface area (Å²) in [6.07, 6.45) is 0.771. The molecule has 0 aliphatic carbocycles. The van der Waals surface area contributed by atoms with Crippen LogP contribution >= 0.6 is 0 Å². The number of halogens is 1. The molecule has 0 saturated carbocycles. The van der Waals surface area contributed by atoms with Gasteiger partial charge in [0.2, 0.25) is 5.91 Å². The molecule has 0 aromatic heterocycles. The first-order valence-corrected chi connectivity index (χ1v) is 6.77. The van der Waals surface area contributed by atoms with Gasteiger partial charge in [0, 0.05) is 13.2 Å². The molecular formula is C15H23FN2O2. The van der Waals surface area contributed by atoms with Gasteiger partial charge in [-0.15, -0.1) is 0 Å². The van der Waals surface area contributed by atoms with E-state index in [1.165, 1.54) is 12.1 Å². The Morgan fingerprint density at radius 2 is 2.20 bits per heavy atom. The average Bonchev–Trinajstić information content (AvgIpc) is 2.36. The predicted molar refractivity (Wildman–Crippen MR) is 77.2 cm³/mol. The van der Waals surface area contributed by atoms with Gasteiger partial charge in [-0.3, -0.25) is 4.79 Å². The van der Waals surface area contributed by atoms with E-state index in [0.29, 0.717) is 13.2 Å². The van der Waals surface area contributed by atoms with Gasteiger partial charge in [0.05, 0.1) is 13.2 Å². The summed E-state index contributed by atoms with van der Waals surface area (Å²) in [4.78, 5) is 11.6. The molecule has 0 aliphatic heterocycles. The zero-order chi connectivity index (χ0) is 15.0. The second-order valence-electron chi connectivity index (χ2n) is 4.92. The molecule has 20 heavy (non-hydrogen) atoms. The molecule has 0 saturated heterocycles. The van der Waals surface area contributed by atoms with Crippen LogP contribution in [-0.4, -0.2) is 38.8 Å². The molecule has 1 aromatic rings. The van der Waals surface area contributed by atoms with Gasteiger partial charge in [-0.25, -0.2) is 4.39 Å². The lowest BCUT2D eigenvalue weighted by atomic mass is 10.1. The predicted octanol–water partition coefficient (Wildman–Crippen LogP) is 1.42. The standard InChI is InChI=1S/C15H23FN2O2/c1-11-8-14(16)5-4-13(11)6-7-17-9-15(19)18-12(2)10-20-3/h4-5,8,12,17H,6-7,9-10H2,1-3H3,(H,18,19). The molecular weight excluding hydrogens is 259 g/mol. The first-order valence-electron chi connectivity index (χ1n) is 6.77. The normalized spacial score (nSPS) is 12.2. The maximum Gasteiger partial charge on any atom is 0.234 e. The highest BCUT2D eigenvalue weighted by atomic mass is 19.1. The Hall–Kier alpha value is -1.46. The Balaban J connectivity index is 2.23. The van der Waals surface area contributed by atoms with E-state index in [0.717, 1.165) is 17.5 Å². The van der Waals surface area contributed by atoms with Crippen molar-refractivity contribution in [3.8, 4) is 0 Å². The van der Waals surface area contributed by atoms with Gasteiger partial charge in [0.1, 0.15) is 5.82 Å². The molecule has 1 aromatic carbocycles. The SMILES string of the molecule is COCC(C)NC(=O)CNCCc1ccc(F)cc1C. The number of hydrogen-bond acceptors (Lipinski definition) is 3. The van der Waals surface area contributed by atoms with Crippen LogP contribution in [0.15, 0.2) is 18.2 Å². The van der Waals surface area contributed by atoms with Crippen LogP contribution in [0.4, 0.5) is 4.39 Å². The molecule has 4 nitrogen and oxygen atoms in total. The number of nitrogens with one attached hydrogen (secondary N) is 2. The second-order valence-corrected chi connectivity index (χ2v) is 4.92. The lowest BCUT2D eigenvalue weighted by Crippen LogP contribution is -2.41. The fraction of sp³-hybridized carbons (Fsp3) is 0.533. The largest absolute Gasteiger partial charge is 0.383 e. The van der Waals surface area contributed by atoms with Crippen molar-refractivity contribution < 1.29 is 13.9 Å². The Morgan fingerprint density at radius 1 is 1.45 bits per heavy atom. The number of methoxy groups -OCH3 is 1. The topological polar surface area (TPSA) is 50.4 Å². The second kappa shape index (κ2) is 8.66. The lowest BCUT2D eigenvalue weighted by Gasteiger charge is -2.13. The van der Waals surface area contributed by atoms with Gasteiger partial charge in [0.25, 0.3) is 0 Å². The Labute approximate surface area is 119 Å². The first kappa shape index (κ1) is 16.6.